The Morgan fingerprint density at radius 3 is 1.88 bits per heavy atom. The van der Waals surface area contributed by atoms with Crippen LogP contribution >= 0.6 is 0 Å². The van der Waals surface area contributed by atoms with Gasteiger partial charge >= 0.3 is 0 Å². The van der Waals surface area contributed by atoms with Gasteiger partial charge in [-0.05, 0) is 83.3 Å². The Morgan fingerprint density at radius 2 is 1.21 bits per heavy atom. The summed E-state index contributed by atoms with van der Waals surface area (Å²) in [5.41, 5.74) is 2.91. The summed E-state index contributed by atoms with van der Waals surface area (Å²) in [6.45, 7) is 0.158. The second-order valence-electron chi connectivity index (χ2n) is 7.75. The van der Waals surface area contributed by atoms with Gasteiger partial charge in [0, 0.05) is 23.8 Å². The van der Waals surface area contributed by atoms with E-state index in [0.29, 0.717) is 28.3 Å². The number of hydrogen-bond donors (Lipinski definition) is 0. The van der Waals surface area contributed by atoms with Gasteiger partial charge in [-0.2, -0.15) is 0 Å². The van der Waals surface area contributed by atoms with Crippen molar-refractivity contribution >= 4 is 10.8 Å². The van der Waals surface area contributed by atoms with Crippen LogP contribution in [0.4, 0.5) is 17.6 Å². The highest BCUT2D eigenvalue weighted by Gasteiger charge is 2.11. The van der Waals surface area contributed by atoms with E-state index >= 15 is 0 Å². The van der Waals surface area contributed by atoms with Gasteiger partial charge in [0.25, 0.3) is 0 Å². The third kappa shape index (κ3) is 5.42. The Hall–Kier alpha value is -3.62. The molecule has 166 valence electrons. The molecular formula is C28H20F4O. The molecule has 0 heterocycles. The average Bonchev–Trinajstić information content (AvgIpc) is 2.79. The first kappa shape index (κ1) is 22.6. The molecule has 0 fully saturated rings. The second kappa shape index (κ2) is 9.89. The monoisotopic (exact) mass is 448 g/mol. The molecular weight excluding hydrogens is 428 g/mol. The minimum Gasteiger partial charge on any atom is -0.380 e. The molecule has 0 unspecified atom stereocenters. The number of halogens is 4. The molecule has 0 amide bonds. The van der Waals surface area contributed by atoms with Crippen molar-refractivity contribution in [2.75, 3.05) is 7.11 Å². The lowest BCUT2D eigenvalue weighted by molar-refractivity contribution is 0.184. The topological polar surface area (TPSA) is 9.23 Å². The van der Waals surface area contributed by atoms with Crippen molar-refractivity contribution in [2.45, 2.75) is 19.4 Å². The highest BCUT2D eigenvalue weighted by atomic mass is 19.2. The maximum atomic E-state index is 14.2. The molecule has 0 aromatic heterocycles. The fraction of sp³-hybridized carbons (Fsp3) is 0.143. The largest absolute Gasteiger partial charge is 0.380 e. The summed E-state index contributed by atoms with van der Waals surface area (Å²) in [6.07, 6.45) is 0.724. The maximum Gasteiger partial charge on any atom is 0.159 e. The minimum atomic E-state index is -0.895. The number of hydrogen-bond acceptors (Lipinski definition) is 1. The Balaban J connectivity index is 1.44. The van der Waals surface area contributed by atoms with Crippen LogP contribution in [0.1, 0.15) is 27.8 Å². The molecule has 0 bridgehead atoms. The van der Waals surface area contributed by atoms with Gasteiger partial charge in [-0.1, -0.05) is 30.0 Å². The molecule has 0 aliphatic heterocycles. The van der Waals surface area contributed by atoms with Crippen LogP contribution < -0.4 is 0 Å². The molecule has 0 saturated carbocycles. The number of ether oxygens (including phenoxy) is 1. The molecule has 0 radical (unpaired) electrons. The Morgan fingerprint density at radius 1 is 0.606 bits per heavy atom. The zero-order valence-electron chi connectivity index (χ0n) is 17.9. The lowest BCUT2D eigenvalue weighted by atomic mass is 10.0. The molecule has 0 spiro atoms. The van der Waals surface area contributed by atoms with Crippen LogP contribution in [0.25, 0.3) is 10.8 Å². The third-order valence-electron chi connectivity index (χ3n) is 5.36. The van der Waals surface area contributed by atoms with Crippen molar-refractivity contribution in [2.24, 2.45) is 0 Å². The number of fused-ring (bicyclic) bond motifs is 1. The van der Waals surface area contributed by atoms with E-state index in [1.54, 1.807) is 18.2 Å². The van der Waals surface area contributed by atoms with Crippen molar-refractivity contribution in [3.63, 3.8) is 0 Å². The van der Waals surface area contributed by atoms with Gasteiger partial charge in [0.1, 0.15) is 11.6 Å². The normalized spacial score (nSPS) is 10.8. The summed E-state index contributed by atoms with van der Waals surface area (Å²) >= 11 is 0. The van der Waals surface area contributed by atoms with Crippen molar-refractivity contribution in [3.8, 4) is 11.8 Å². The van der Waals surface area contributed by atoms with E-state index in [1.165, 1.54) is 19.2 Å². The van der Waals surface area contributed by atoms with E-state index < -0.39 is 23.3 Å². The Kier molecular flexibility index (Phi) is 6.76. The molecule has 33 heavy (non-hydrogen) atoms. The van der Waals surface area contributed by atoms with Gasteiger partial charge in [-0.25, -0.2) is 17.6 Å². The lowest BCUT2D eigenvalue weighted by Crippen LogP contribution is -2.01. The Labute approximate surface area is 189 Å². The minimum absolute atomic E-state index is 0.0614. The lowest BCUT2D eigenvalue weighted by Gasteiger charge is -2.08. The van der Waals surface area contributed by atoms with Crippen LogP contribution in [0.3, 0.4) is 0 Å². The van der Waals surface area contributed by atoms with E-state index in [-0.39, 0.29) is 18.6 Å². The van der Waals surface area contributed by atoms with Crippen LogP contribution in [0, 0.1) is 35.1 Å². The zero-order valence-corrected chi connectivity index (χ0v) is 17.9. The van der Waals surface area contributed by atoms with Gasteiger partial charge < -0.3 is 4.74 Å². The molecule has 4 aromatic rings. The van der Waals surface area contributed by atoms with Gasteiger partial charge in [0.2, 0.25) is 0 Å². The van der Waals surface area contributed by atoms with Crippen LogP contribution in [0.5, 0.6) is 0 Å². The first-order chi connectivity index (χ1) is 15.9. The van der Waals surface area contributed by atoms with Gasteiger partial charge in [0.15, 0.2) is 11.6 Å². The highest BCUT2D eigenvalue weighted by molar-refractivity contribution is 5.84. The Bertz CT molecular complexity index is 1340. The van der Waals surface area contributed by atoms with Gasteiger partial charge in [-0.3, -0.25) is 0 Å². The molecule has 4 rings (SSSR count). The molecule has 0 N–H and O–H groups in total. The van der Waals surface area contributed by atoms with Crippen molar-refractivity contribution < 1.29 is 22.3 Å². The molecule has 0 aliphatic rings. The predicted molar refractivity (Wildman–Crippen MR) is 121 cm³/mol. The molecule has 5 heteroatoms. The fourth-order valence-corrected chi connectivity index (χ4v) is 3.63. The summed E-state index contributed by atoms with van der Waals surface area (Å²) in [7, 11) is 1.48. The fourth-order valence-electron chi connectivity index (χ4n) is 3.63. The summed E-state index contributed by atoms with van der Waals surface area (Å²) in [6, 6.07) is 17.5. The second-order valence-corrected chi connectivity index (χ2v) is 7.75. The van der Waals surface area contributed by atoms with Crippen molar-refractivity contribution in [3.05, 3.63) is 118 Å². The number of methoxy groups -OCH3 is 1. The maximum absolute atomic E-state index is 14.2. The molecule has 1 nitrogen and oxygen atoms in total. The third-order valence-corrected chi connectivity index (χ3v) is 5.36. The van der Waals surface area contributed by atoms with Gasteiger partial charge in [0.05, 0.1) is 6.61 Å². The summed E-state index contributed by atoms with van der Waals surface area (Å²) < 4.78 is 60.2. The van der Waals surface area contributed by atoms with Crippen LogP contribution in [-0.2, 0) is 24.2 Å². The summed E-state index contributed by atoms with van der Waals surface area (Å²) in [5.74, 6) is 3.15. The van der Waals surface area contributed by atoms with E-state index in [1.807, 2.05) is 24.3 Å². The van der Waals surface area contributed by atoms with E-state index in [4.69, 9.17) is 4.74 Å². The molecule has 4 aromatic carbocycles. The van der Waals surface area contributed by atoms with Crippen molar-refractivity contribution in [1.82, 2.24) is 0 Å². The number of aryl methyl sites for hydroxylation is 1. The van der Waals surface area contributed by atoms with Crippen LogP contribution in [-0.4, -0.2) is 7.11 Å². The van der Waals surface area contributed by atoms with E-state index in [2.05, 4.69) is 11.8 Å². The van der Waals surface area contributed by atoms with Crippen molar-refractivity contribution in [1.29, 1.82) is 0 Å². The molecule has 0 atom stereocenters. The SMILES string of the molecule is COCc1cc(F)c(CCc2ccc(C#Cc3ccc4cc(F)c(F)cc4c3)cc2)c(F)c1. The molecule has 0 aliphatic carbocycles. The van der Waals surface area contributed by atoms with E-state index in [9.17, 15) is 17.6 Å². The first-order valence-electron chi connectivity index (χ1n) is 10.4. The predicted octanol–water partition coefficient (Wildman–Crippen LogP) is 6.73. The number of rotatable bonds is 5. The van der Waals surface area contributed by atoms with Gasteiger partial charge in [-0.15, -0.1) is 0 Å². The number of benzene rings is 4. The summed E-state index contributed by atoms with van der Waals surface area (Å²) in [4.78, 5) is 0. The standard InChI is InChI=1S/C28H20F4O/c1-33-17-21-13-25(29)24(26(30)14-21)11-9-19-4-2-18(3-5-19)6-7-20-8-10-22-15-27(31)28(32)16-23(22)12-20/h2-5,8,10,12-16H,9,11,17H2,1H3. The average molecular weight is 448 g/mol. The summed E-state index contributed by atoms with van der Waals surface area (Å²) in [5, 5.41) is 1.18. The quantitative estimate of drug-likeness (QED) is 0.243. The smallest absolute Gasteiger partial charge is 0.159 e. The highest BCUT2D eigenvalue weighted by Crippen LogP contribution is 2.21. The zero-order chi connectivity index (χ0) is 23.4. The van der Waals surface area contributed by atoms with Crippen LogP contribution in [0.15, 0.2) is 66.7 Å². The van der Waals surface area contributed by atoms with Crippen LogP contribution in [0.2, 0.25) is 0 Å². The van der Waals surface area contributed by atoms with E-state index in [0.717, 1.165) is 23.3 Å². The molecule has 0 saturated heterocycles. The first-order valence-corrected chi connectivity index (χ1v) is 10.4.